The van der Waals surface area contributed by atoms with Crippen LogP contribution in [0.5, 0.6) is 5.75 Å². The maximum absolute atomic E-state index is 13.1. The molecule has 1 unspecified atom stereocenters. The molecule has 2 amide bonds. The summed E-state index contributed by atoms with van der Waals surface area (Å²) in [5.41, 5.74) is 0.402. The van der Waals surface area contributed by atoms with Crippen molar-refractivity contribution in [3.63, 3.8) is 0 Å². The molecular weight excluding hydrogens is 289 g/mol. The van der Waals surface area contributed by atoms with Crippen molar-refractivity contribution in [2.45, 2.75) is 25.4 Å². The summed E-state index contributed by atoms with van der Waals surface area (Å²) in [6.07, 6.45) is 3.20. The van der Waals surface area contributed by atoms with Gasteiger partial charge in [-0.1, -0.05) is 0 Å². The van der Waals surface area contributed by atoms with Crippen LogP contribution >= 0.6 is 0 Å². The van der Waals surface area contributed by atoms with E-state index in [4.69, 9.17) is 4.74 Å². The summed E-state index contributed by atoms with van der Waals surface area (Å²) < 4.78 is 20.0. The monoisotopic (exact) mass is 305 g/mol. The van der Waals surface area contributed by atoms with Gasteiger partial charge in [-0.25, -0.2) is 18.9 Å². The second kappa shape index (κ2) is 6.00. The average Bonchev–Trinajstić information content (AvgIpc) is 2.98. The van der Waals surface area contributed by atoms with Crippen molar-refractivity contribution in [3.8, 4) is 5.75 Å². The summed E-state index contributed by atoms with van der Waals surface area (Å²) in [5, 5.41) is 9.62. The highest BCUT2D eigenvalue weighted by molar-refractivity contribution is 5.91. The quantitative estimate of drug-likeness (QED) is 0.909. The van der Waals surface area contributed by atoms with Crippen molar-refractivity contribution < 1.29 is 13.9 Å². The maximum atomic E-state index is 13.1. The Labute approximate surface area is 126 Å². The number of fused-ring (bicyclic) bond motifs is 1. The molecule has 3 rings (SSSR count). The molecule has 0 aliphatic carbocycles. The van der Waals surface area contributed by atoms with Gasteiger partial charge in [0.1, 0.15) is 23.7 Å². The van der Waals surface area contributed by atoms with Crippen LogP contribution in [0.1, 0.15) is 24.7 Å². The zero-order chi connectivity index (χ0) is 15.5. The van der Waals surface area contributed by atoms with Gasteiger partial charge in [-0.15, -0.1) is 0 Å². The summed E-state index contributed by atoms with van der Waals surface area (Å²) in [5.74, 6) is 0.581. The fraction of sp³-hybridized carbons (Fsp3) is 0.357. The van der Waals surface area contributed by atoms with Crippen LogP contribution in [-0.4, -0.2) is 27.9 Å². The number of halogens is 1. The standard InChI is InChI=1S/C14H16FN5O2/c1-22-12-7-9(15)4-5-10(12)18-14(21)19-11-3-2-6-20-13(11)16-8-17-20/h4-5,7-8,11H,2-3,6H2,1H3,(H2,18,19,21). The fourth-order valence-corrected chi connectivity index (χ4v) is 2.51. The SMILES string of the molecule is COc1cc(F)ccc1NC(=O)NC1CCCn2ncnc21. The van der Waals surface area contributed by atoms with Crippen molar-refractivity contribution in [3.05, 3.63) is 36.2 Å². The van der Waals surface area contributed by atoms with E-state index in [0.29, 0.717) is 5.69 Å². The lowest BCUT2D eigenvalue weighted by atomic mass is 10.1. The molecule has 1 aliphatic heterocycles. The third kappa shape index (κ3) is 2.85. The molecule has 0 saturated carbocycles. The average molecular weight is 305 g/mol. The summed E-state index contributed by atoms with van der Waals surface area (Å²) in [6, 6.07) is 3.34. The Morgan fingerprint density at radius 1 is 1.50 bits per heavy atom. The third-order valence-electron chi connectivity index (χ3n) is 3.54. The van der Waals surface area contributed by atoms with Crippen molar-refractivity contribution in [1.82, 2.24) is 20.1 Å². The number of methoxy groups -OCH3 is 1. The number of carbonyl (C=O) groups is 1. The molecule has 2 N–H and O–H groups in total. The third-order valence-corrected chi connectivity index (χ3v) is 3.54. The topological polar surface area (TPSA) is 81.1 Å². The molecule has 1 aromatic heterocycles. The van der Waals surface area contributed by atoms with Crippen molar-refractivity contribution >= 4 is 11.7 Å². The summed E-state index contributed by atoms with van der Waals surface area (Å²) in [7, 11) is 1.42. The van der Waals surface area contributed by atoms with Crippen LogP contribution in [0, 0.1) is 5.82 Å². The predicted octanol–water partition coefficient (Wildman–Crippen LogP) is 2.08. The van der Waals surface area contributed by atoms with E-state index in [0.717, 1.165) is 25.2 Å². The van der Waals surface area contributed by atoms with Crippen molar-refractivity contribution in [2.75, 3.05) is 12.4 Å². The van der Waals surface area contributed by atoms with E-state index in [1.165, 1.54) is 31.6 Å². The normalized spacial score (nSPS) is 16.7. The lowest BCUT2D eigenvalue weighted by Gasteiger charge is -2.23. The number of aryl methyl sites for hydroxylation is 1. The van der Waals surface area contributed by atoms with Gasteiger partial charge < -0.3 is 15.4 Å². The Kier molecular flexibility index (Phi) is 3.90. The van der Waals surface area contributed by atoms with E-state index in [9.17, 15) is 9.18 Å². The van der Waals surface area contributed by atoms with Crippen LogP contribution < -0.4 is 15.4 Å². The van der Waals surface area contributed by atoms with Gasteiger partial charge in [0.05, 0.1) is 18.8 Å². The van der Waals surface area contributed by atoms with E-state index in [2.05, 4.69) is 20.7 Å². The van der Waals surface area contributed by atoms with Crippen LogP contribution in [0.25, 0.3) is 0 Å². The molecule has 22 heavy (non-hydrogen) atoms. The summed E-state index contributed by atoms with van der Waals surface area (Å²) in [6.45, 7) is 0.806. The highest BCUT2D eigenvalue weighted by Gasteiger charge is 2.24. The summed E-state index contributed by atoms with van der Waals surface area (Å²) in [4.78, 5) is 16.3. The van der Waals surface area contributed by atoms with E-state index in [1.807, 2.05) is 0 Å². The molecule has 8 heteroatoms. The zero-order valence-corrected chi connectivity index (χ0v) is 12.0. The molecule has 1 atom stereocenters. The highest BCUT2D eigenvalue weighted by Crippen LogP contribution is 2.26. The van der Waals surface area contributed by atoms with Crippen molar-refractivity contribution in [2.24, 2.45) is 0 Å². The largest absolute Gasteiger partial charge is 0.494 e. The van der Waals surface area contributed by atoms with Crippen LogP contribution in [0.3, 0.4) is 0 Å². The first-order chi connectivity index (χ1) is 10.7. The molecule has 0 saturated heterocycles. The van der Waals surface area contributed by atoms with Gasteiger partial charge in [0.15, 0.2) is 0 Å². The molecule has 7 nitrogen and oxygen atoms in total. The van der Waals surface area contributed by atoms with Gasteiger partial charge >= 0.3 is 6.03 Å². The van der Waals surface area contributed by atoms with Gasteiger partial charge in [-0.2, -0.15) is 5.10 Å². The Hall–Kier alpha value is -2.64. The van der Waals surface area contributed by atoms with E-state index >= 15 is 0 Å². The van der Waals surface area contributed by atoms with Crippen LogP contribution in [-0.2, 0) is 6.54 Å². The Morgan fingerprint density at radius 3 is 3.18 bits per heavy atom. The predicted molar refractivity (Wildman–Crippen MR) is 77.1 cm³/mol. The number of hydrogen-bond acceptors (Lipinski definition) is 4. The first-order valence-electron chi connectivity index (χ1n) is 6.96. The molecule has 2 aromatic rings. The van der Waals surface area contributed by atoms with Crippen LogP contribution in [0.4, 0.5) is 14.9 Å². The minimum absolute atomic E-state index is 0.192. The number of rotatable bonds is 3. The molecule has 0 fully saturated rings. The number of benzene rings is 1. The molecule has 0 spiro atoms. The lowest BCUT2D eigenvalue weighted by Crippen LogP contribution is -2.36. The molecular formula is C14H16FN5O2. The number of carbonyl (C=O) groups excluding carboxylic acids is 1. The van der Waals surface area contributed by atoms with Crippen molar-refractivity contribution in [1.29, 1.82) is 0 Å². The molecule has 1 aliphatic rings. The number of urea groups is 1. The van der Waals surface area contributed by atoms with Gasteiger partial charge in [0.2, 0.25) is 0 Å². The summed E-state index contributed by atoms with van der Waals surface area (Å²) >= 11 is 0. The Bertz CT molecular complexity index is 688. The first-order valence-corrected chi connectivity index (χ1v) is 6.96. The number of amides is 2. The smallest absolute Gasteiger partial charge is 0.319 e. The highest BCUT2D eigenvalue weighted by atomic mass is 19.1. The Balaban J connectivity index is 1.69. The second-order valence-corrected chi connectivity index (χ2v) is 4.98. The number of anilines is 1. The number of nitrogens with one attached hydrogen (secondary N) is 2. The zero-order valence-electron chi connectivity index (χ0n) is 12.0. The van der Waals surface area contributed by atoms with Gasteiger partial charge in [-0.05, 0) is 25.0 Å². The molecule has 116 valence electrons. The fourth-order valence-electron chi connectivity index (χ4n) is 2.51. The first kappa shape index (κ1) is 14.3. The minimum Gasteiger partial charge on any atom is -0.494 e. The minimum atomic E-state index is -0.428. The van der Waals surface area contributed by atoms with E-state index in [1.54, 1.807) is 4.68 Å². The molecule has 2 heterocycles. The molecule has 1 aromatic carbocycles. The Morgan fingerprint density at radius 2 is 2.36 bits per heavy atom. The lowest BCUT2D eigenvalue weighted by molar-refractivity contribution is 0.244. The van der Waals surface area contributed by atoms with Gasteiger partial charge in [0.25, 0.3) is 0 Å². The molecule has 0 radical (unpaired) electrons. The van der Waals surface area contributed by atoms with E-state index in [-0.39, 0.29) is 11.8 Å². The van der Waals surface area contributed by atoms with Crippen LogP contribution in [0.2, 0.25) is 0 Å². The van der Waals surface area contributed by atoms with E-state index < -0.39 is 11.8 Å². The number of aromatic nitrogens is 3. The second-order valence-electron chi connectivity index (χ2n) is 4.98. The maximum Gasteiger partial charge on any atom is 0.319 e. The number of nitrogens with zero attached hydrogens (tertiary/aromatic N) is 3. The van der Waals surface area contributed by atoms with Gasteiger partial charge in [-0.3, -0.25) is 0 Å². The van der Waals surface area contributed by atoms with Gasteiger partial charge in [0, 0.05) is 12.6 Å². The molecule has 0 bridgehead atoms. The number of ether oxygens (including phenoxy) is 1. The van der Waals surface area contributed by atoms with Crippen LogP contribution in [0.15, 0.2) is 24.5 Å². The number of hydrogen-bond donors (Lipinski definition) is 2.